The van der Waals surface area contributed by atoms with Gasteiger partial charge in [0, 0.05) is 17.6 Å². The van der Waals surface area contributed by atoms with Gasteiger partial charge >= 0.3 is 0 Å². The Morgan fingerprint density at radius 3 is 2.79 bits per heavy atom. The molecule has 0 saturated heterocycles. The third-order valence-electron chi connectivity index (χ3n) is 2.52. The summed E-state index contributed by atoms with van der Waals surface area (Å²) in [5.74, 6) is 0. The minimum Gasteiger partial charge on any atom is -0.269 e. The van der Waals surface area contributed by atoms with Crippen LogP contribution in [0.3, 0.4) is 0 Å². The fourth-order valence-electron chi connectivity index (χ4n) is 1.58. The van der Waals surface area contributed by atoms with Crippen LogP contribution in [-0.2, 0) is 6.42 Å². The van der Waals surface area contributed by atoms with E-state index in [-0.39, 0.29) is 0 Å². The van der Waals surface area contributed by atoms with Crippen molar-refractivity contribution >= 4 is 10.9 Å². The molecular formula is C12H16N2. The molecule has 0 saturated carbocycles. The molecule has 0 spiro atoms. The number of hydrogen-bond acceptors (Lipinski definition) is 1. The summed E-state index contributed by atoms with van der Waals surface area (Å²) in [6.45, 7) is 6.47. The lowest BCUT2D eigenvalue weighted by molar-refractivity contribution is 0.537. The molecule has 2 aromatic rings. The van der Waals surface area contributed by atoms with E-state index in [4.69, 9.17) is 0 Å². The van der Waals surface area contributed by atoms with E-state index in [9.17, 15) is 0 Å². The average Bonchev–Trinajstić information content (AvgIpc) is 2.59. The van der Waals surface area contributed by atoms with Gasteiger partial charge < -0.3 is 0 Å². The third kappa shape index (κ3) is 1.52. The zero-order valence-corrected chi connectivity index (χ0v) is 8.99. The maximum atomic E-state index is 4.50. The van der Waals surface area contributed by atoms with E-state index in [0.29, 0.717) is 6.04 Å². The monoisotopic (exact) mass is 188 g/mol. The van der Waals surface area contributed by atoms with Gasteiger partial charge in [-0.1, -0.05) is 13.0 Å². The van der Waals surface area contributed by atoms with Crippen LogP contribution in [-0.4, -0.2) is 9.78 Å². The molecular weight excluding hydrogens is 172 g/mol. The predicted molar refractivity (Wildman–Crippen MR) is 59.5 cm³/mol. The van der Waals surface area contributed by atoms with E-state index in [0.717, 1.165) is 11.9 Å². The third-order valence-corrected chi connectivity index (χ3v) is 2.52. The lowest BCUT2D eigenvalue weighted by Crippen LogP contribution is -1.99. The molecule has 1 aromatic heterocycles. The van der Waals surface area contributed by atoms with Gasteiger partial charge in [-0.25, -0.2) is 0 Å². The van der Waals surface area contributed by atoms with Crippen molar-refractivity contribution in [3.63, 3.8) is 0 Å². The zero-order chi connectivity index (χ0) is 10.1. The standard InChI is InChI=1S/C12H16N2/c1-4-10-5-6-12-11(7-10)8-14(13-12)9(2)3/h5-9H,4H2,1-3H3. The number of benzene rings is 1. The van der Waals surface area contributed by atoms with Crippen molar-refractivity contribution in [1.29, 1.82) is 0 Å². The Balaban J connectivity index is 2.54. The number of nitrogens with zero attached hydrogens (tertiary/aromatic N) is 2. The SMILES string of the molecule is CCc1ccc2nn(C(C)C)cc2c1. The molecule has 2 nitrogen and oxygen atoms in total. The van der Waals surface area contributed by atoms with Crippen LogP contribution >= 0.6 is 0 Å². The fraction of sp³-hybridized carbons (Fsp3) is 0.417. The highest BCUT2D eigenvalue weighted by Gasteiger charge is 2.03. The molecule has 0 atom stereocenters. The Morgan fingerprint density at radius 2 is 2.14 bits per heavy atom. The van der Waals surface area contributed by atoms with Gasteiger partial charge in [0.2, 0.25) is 0 Å². The Kier molecular flexibility index (Phi) is 2.28. The van der Waals surface area contributed by atoms with Crippen LogP contribution < -0.4 is 0 Å². The van der Waals surface area contributed by atoms with Gasteiger partial charge in [0.15, 0.2) is 0 Å². The van der Waals surface area contributed by atoms with Crippen molar-refractivity contribution in [3.05, 3.63) is 30.0 Å². The number of hydrogen-bond donors (Lipinski definition) is 0. The van der Waals surface area contributed by atoms with Crippen molar-refractivity contribution in [2.24, 2.45) is 0 Å². The van der Waals surface area contributed by atoms with Crippen LogP contribution in [0.5, 0.6) is 0 Å². The van der Waals surface area contributed by atoms with Crippen molar-refractivity contribution in [1.82, 2.24) is 9.78 Å². The molecule has 0 unspecified atom stereocenters. The second kappa shape index (κ2) is 3.45. The summed E-state index contributed by atoms with van der Waals surface area (Å²) in [5, 5.41) is 5.75. The highest BCUT2D eigenvalue weighted by molar-refractivity contribution is 5.78. The van der Waals surface area contributed by atoms with Crippen molar-refractivity contribution in [2.75, 3.05) is 0 Å². The van der Waals surface area contributed by atoms with Gasteiger partial charge in [-0.05, 0) is 38.0 Å². The van der Waals surface area contributed by atoms with Crippen LogP contribution in [0.4, 0.5) is 0 Å². The molecule has 0 bridgehead atoms. The summed E-state index contributed by atoms with van der Waals surface area (Å²) in [7, 11) is 0. The lowest BCUT2D eigenvalue weighted by Gasteiger charge is -2.02. The van der Waals surface area contributed by atoms with Gasteiger partial charge in [-0.2, -0.15) is 5.10 Å². The number of aromatic nitrogens is 2. The van der Waals surface area contributed by atoms with Gasteiger partial charge in [-0.15, -0.1) is 0 Å². The van der Waals surface area contributed by atoms with Gasteiger partial charge in [-0.3, -0.25) is 4.68 Å². The van der Waals surface area contributed by atoms with Crippen molar-refractivity contribution in [3.8, 4) is 0 Å². The normalized spacial score (nSPS) is 11.4. The van der Waals surface area contributed by atoms with Gasteiger partial charge in [0.1, 0.15) is 0 Å². The van der Waals surface area contributed by atoms with E-state index < -0.39 is 0 Å². The maximum absolute atomic E-state index is 4.50. The fourth-order valence-corrected chi connectivity index (χ4v) is 1.58. The minimum atomic E-state index is 0.437. The van der Waals surface area contributed by atoms with Crippen molar-refractivity contribution < 1.29 is 0 Å². The largest absolute Gasteiger partial charge is 0.269 e. The quantitative estimate of drug-likeness (QED) is 0.707. The molecule has 0 fully saturated rings. The van der Waals surface area contributed by atoms with Crippen LogP contribution in [0.25, 0.3) is 10.9 Å². The lowest BCUT2D eigenvalue weighted by atomic mass is 10.1. The first kappa shape index (κ1) is 9.25. The van der Waals surface area contributed by atoms with Gasteiger partial charge in [0.25, 0.3) is 0 Å². The molecule has 14 heavy (non-hydrogen) atoms. The second-order valence-electron chi connectivity index (χ2n) is 3.95. The molecule has 2 heteroatoms. The summed E-state index contributed by atoms with van der Waals surface area (Å²) >= 11 is 0. The summed E-state index contributed by atoms with van der Waals surface area (Å²) in [5.41, 5.74) is 2.47. The van der Waals surface area contributed by atoms with Crippen LogP contribution in [0.15, 0.2) is 24.4 Å². The number of aryl methyl sites for hydroxylation is 1. The van der Waals surface area contributed by atoms with E-state index in [1.165, 1.54) is 10.9 Å². The minimum absolute atomic E-state index is 0.437. The first-order valence-corrected chi connectivity index (χ1v) is 5.18. The summed E-state index contributed by atoms with van der Waals surface area (Å²) in [6, 6.07) is 6.92. The highest BCUT2D eigenvalue weighted by atomic mass is 15.3. The molecule has 1 heterocycles. The summed E-state index contributed by atoms with van der Waals surface area (Å²) in [4.78, 5) is 0. The van der Waals surface area contributed by atoms with E-state index in [1.807, 2.05) is 4.68 Å². The second-order valence-corrected chi connectivity index (χ2v) is 3.95. The van der Waals surface area contributed by atoms with Crippen LogP contribution in [0.1, 0.15) is 32.4 Å². The molecule has 1 aromatic carbocycles. The first-order chi connectivity index (χ1) is 6.70. The van der Waals surface area contributed by atoms with E-state index >= 15 is 0 Å². The summed E-state index contributed by atoms with van der Waals surface area (Å²) < 4.78 is 2.02. The molecule has 2 rings (SSSR count). The van der Waals surface area contributed by atoms with Gasteiger partial charge in [0.05, 0.1) is 5.52 Å². The topological polar surface area (TPSA) is 17.8 Å². The first-order valence-electron chi connectivity index (χ1n) is 5.18. The molecule has 0 aliphatic carbocycles. The Hall–Kier alpha value is -1.31. The van der Waals surface area contributed by atoms with E-state index in [2.05, 4.69) is 50.3 Å². The summed E-state index contributed by atoms with van der Waals surface area (Å²) in [6.07, 6.45) is 3.21. The molecule has 0 radical (unpaired) electrons. The highest BCUT2D eigenvalue weighted by Crippen LogP contribution is 2.17. The van der Waals surface area contributed by atoms with Crippen molar-refractivity contribution in [2.45, 2.75) is 33.2 Å². The van der Waals surface area contributed by atoms with Crippen LogP contribution in [0, 0.1) is 0 Å². The Bertz CT molecular complexity index is 441. The molecule has 0 amide bonds. The predicted octanol–water partition coefficient (Wildman–Crippen LogP) is 3.18. The Labute approximate surface area is 84.5 Å². The number of fused-ring (bicyclic) bond motifs is 1. The molecule has 0 aliphatic rings. The van der Waals surface area contributed by atoms with E-state index in [1.54, 1.807) is 0 Å². The molecule has 0 aliphatic heterocycles. The molecule has 0 N–H and O–H groups in total. The number of rotatable bonds is 2. The zero-order valence-electron chi connectivity index (χ0n) is 8.99. The Morgan fingerprint density at radius 1 is 1.36 bits per heavy atom. The molecule has 74 valence electrons. The average molecular weight is 188 g/mol. The maximum Gasteiger partial charge on any atom is 0.0923 e. The van der Waals surface area contributed by atoms with Crippen LogP contribution in [0.2, 0.25) is 0 Å². The smallest absolute Gasteiger partial charge is 0.0923 e.